The number of benzene rings is 3. The number of imidazole rings is 1. The van der Waals surface area contributed by atoms with Crippen LogP contribution in [0.4, 0.5) is 17.2 Å². The number of carbonyl (C=O) groups is 4. The van der Waals surface area contributed by atoms with Gasteiger partial charge in [0.05, 0.1) is 18.7 Å². The number of aromatic nitrogens is 4. The first-order chi connectivity index (χ1) is 30.2. The van der Waals surface area contributed by atoms with Gasteiger partial charge >= 0.3 is 0 Å². The van der Waals surface area contributed by atoms with Crippen molar-refractivity contribution in [2.24, 2.45) is 5.41 Å². The van der Waals surface area contributed by atoms with E-state index in [9.17, 15) is 19.2 Å². The van der Waals surface area contributed by atoms with Crippen LogP contribution >= 0.6 is 0 Å². The summed E-state index contributed by atoms with van der Waals surface area (Å²) in [5.41, 5.74) is 5.70. The molecule has 62 heavy (non-hydrogen) atoms. The van der Waals surface area contributed by atoms with E-state index in [1.807, 2.05) is 53.7 Å². The van der Waals surface area contributed by atoms with Crippen molar-refractivity contribution in [1.82, 2.24) is 40.0 Å². The van der Waals surface area contributed by atoms with Crippen molar-refractivity contribution in [3.05, 3.63) is 103 Å². The Labute approximate surface area is 360 Å². The van der Waals surface area contributed by atoms with Gasteiger partial charge in [0.25, 0.3) is 5.91 Å². The molecule has 1 unspecified atom stereocenters. The lowest BCUT2D eigenvalue weighted by atomic mass is 9.64. The molecule has 10 rings (SSSR count). The van der Waals surface area contributed by atoms with Gasteiger partial charge in [0, 0.05) is 75.2 Å². The standard InChI is InChI=1S/C47H52N10O5/c58-40-15-14-39(46(61)53-40)32-6-12-38(13-7-32)62-27-42(60)56-17-16-47(28-56)25-37(26-47)55-20-18-54(19-21-55)35-10-8-33(9-11-35)52-44-43-45(49-29-48-44)57(30-50-43)36-23-34(24-36)51-41(59)22-31-4-2-1-3-5-31/h1-13,29-30,34,36-37,39H,14-28H2,(H,51,59)(H,48,49,52)(H,53,58,61). The zero-order chi connectivity index (χ0) is 42.2. The molecular weight excluding hydrogens is 785 g/mol. The van der Waals surface area contributed by atoms with Crippen molar-refractivity contribution in [1.29, 1.82) is 0 Å². The smallest absolute Gasteiger partial charge is 0.260 e. The second-order valence-electron chi connectivity index (χ2n) is 17.8. The molecule has 5 aromatic rings. The van der Waals surface area contributed by atoms with E-state index in [2.05, 4.69) is 64.6 Å². The van der Waals surface area contributed by atoms with Crippen LogP contribution in [0.5, 0.6) is 5.75 Å². The number of fused-ring (bicyclic) bond motifs is 1. The van der Waals surface area contributed by atoms with Crippen LogP contribution in [0.25, 0.3) is 11.2 Å². The topological polar surface area (TPSA) is 167 Å². The van der Waals surface area contributed by atoms with E-state index in [0.717, 1.165) is 99.4 Å². The van der Waals surface area contributed by atoms with Gasteiger partial charge in [-0.3, -0.25) is 29.4 Å². The Morgan fingerprint density at radius 3 is 2.39 bits per heavy atom. The Bertz CT molecular complexity index is 2440. The number of carbonyl (C=O) groups excluding carboxylic acids is 4. The van der Waals surface area contributed by atoms with E-state index < -0.39 is 0 Å². The summed E-state index contributed by atoms with van der Waals surface area (Å²) >= 11 is 0. The van der Waals surface area contributed by atoms with Gasteiger partial charge in [0.1, 0.15) is 12.1 Å². The number of imide groups is 1. The molecule has 4 amide bonds. The highest BCUT2D eigenvalue weighted by atomic mass is 16.5. The fourth-order valence-corrected chi connectivity index (χ4v) is 10.2. The van der Waals surface area contributed by atoms with Gasteiger partial charge in [0.15, 0.2) is 23.6 Å². The van der Waals surface area contributed by atoms with Crippen LogP contribution in [0.2, 0.25) is 0 Å². The van der Waals surface area contributed by atoms with Crippen molar-refractivity contribution in [2.75, 3.05) is 56.1 Å². The van der Waals surface area contributed by atoms with E-state index in [4.69, 9.17) is 9.72 Å². The normalized spacial score (nSPS) is 25.0. The summed E-state index contributed by atoms with van der Waals surface area (Å²) in [7, 11) is 0. The van der Waals surface area contributed by atoms with Crippen LogP contribution in [0.1, 0.15) is 68.0 Å². The molecule has 2 saturated carbocycles. The molecule has 320 valence electrons. The number of hydrogen-bond donors (Lipinski definition) is 3. The van der Waals surface area contributed by atoms with E-state index >= 15 is 0 Å². The van der Waals surface area contributed by atoms with Crippen molar-refractivity contribution in [3.8, 4) is 5.75 Å². The van der Waals surface area contributed by atoms with Gasteiger partial charge in [-0.2, -0.15) is 0 Å². The lowest BCUT2D eigenvalue weighted by Gasteiger charge is -2.52. The Balaban J connectivity index is 0.651. The van der Waals surface area contributed by atoms with Gasteiger partial charge in [-0.05, 0) is 91.5 Å². The molecular formula is C47H52N10O5. The van der Waals surface area contributed by atoms with Gasteiger partial charge < -0.3 is 29.7 Å². The highest BCUT2D eigenvalue weighted by molar-refractivity contribution is 6.01. The number of nitrogens with zero attached hydrogens (tertiary/aromatic N) is 7. The van der Waals surface area contributed by atoms with E-state index in [0.29, 0.717) is 36.9 Å². The second kappa shape index (κ2) is 16.8. The maximum atomic E-state index is 13.1. The lowest BCUT2D eigenvalue weighted by Crippen LogP contribution is -2.57. The fraction of sp³-hybridized carbons (Fsp3) is 0.426. The summed E-state index contributed by atoms with van der Waals surface area (Å²) in [6, 6.07) is 26.5. The molecule has 1 spiro atoms. The van der Waals surface area contributed by atoms with Gasteiger partial charge in [0.2, 0.25) is 17.7 Å². The largest absolute Gasteiger partial charge is 0.484 e. The number of piperazine rings is 1. The minimum absolute atomic E-state index is 0.00659. The van der Waals surface area contributed by atoms with Crippen molar-refractivity contribution in [2.45, 2.75) is 75.4 Å². The number of amides is 4. The number of likely N-dealkylation sites (tertiary alicyclic amines) is 1. The minimum atomic E-state index is -0.342. The molecule has 3 aliphatic heterocycles. The average Bonchev–Trinajstić information content (AvgIpc) is 3.91. The Morgan fingerprint density at radius 1 is 0.855 bits per heavy atom. The third-order valence-electron chi connectivity index (χ3n) is 13.8. The van der Waals surface area contributed by atoms with E-state index in [1.54, 1.807) is 18.5 Å². The Morgan fingerprint density at radius 2 is 1.63 bits per heavy atom. The zero-order valence-electron chi connectivity index (χ0n) is 34.7. The first-order valence-electron chi connectivity index (χ1n) is 22.0. The quantitative estimate of drug-likeness (QED) is 0.149. The van der Waals surface area contributed by atoms with Gasteiger partial charge in [-0.1, -0.05) is 42.5 Å². The SMILES string of the molecule is O=C1CCC(c2ccc(OCC(=O)N3CCC4(CC(N5CCN(c6ccc(Nc7ncnc8c7ncn8C7CC(NC(=O)Cc8ccccc8)C7)cc6)CC5)C4)C3)cc2)C(=O)N1. The number of ether oxygens (including phenoxy) is 1. The first-order valence-corrected chi connectivity index (χ1v) is 22.0. The van der Waals surface area contributed by atoms with Gasteiger partial charge in [-0.15, -0.1) is 0 Å². The van der Waals surface area contributed by atoms with Crippen molar-refractivity contribution < 1.29 is 23.9 Å². The van der Waals surface area contributed by atoms with E-state index in [1.165, 1.54) is 5.69 Å². The van der Waals surface area contributed by atoms with Crippen molar-refractivity contribution >= 4 is 52.0 Å². The number of hydrogen-bond acceptors (Lipinski definition) is 11. The predicted molar refractivity (Wildman–Crippen MR) is 233 cm³/mol. The summed E-state index contributed by atoms with van der Waals surface area (Å²) in [5, 5.41) is 9.04. The highest BCUT2D eigenvalue weighted by Gasteiger charge is 2.51. The van der Waals surface area contributed by atoms with Crippen LogP contribution in [0, 0.1) is 5.41 Å². The predicted octanol–water partition coefficient (Wildman–Crippen LogP) is 4.73. The lowest BCUT2D eigenvalue weighted by molar-refractivity contribution is -0.134. The molecule has 3 aromatic carbocycles. The number of piperidine rings is 1. The molecule has 1 atom stereocenters. The summed E-state index contributed by atoms with van der Waals surface area (Å²) < 4.78 is 7.96. The third-order valence-corrected chi connectivity index (χ3v) is 13.8. The minimum Gasteiger partial charge on any atom is -0.484 e. The van der Waals surface area contributed by atoms with Crippen LogP contribution < -0.4 is 25.6 Å². The molecule has 5 heterocycles. The van der Waals surface area contributed by atoms with E-state index in [-0.39, 0.29) is 53.7 Å². The highest BCUT2D eigenvalue weighted by Crippen LogP contribution is 2.50. The molecule has 3 N–H and O–H groups in total. The molecule has 0 bridgehead atoms. The first kappa shape index (κ1) is 39.8. The Hall–Kier alpha value is -6.35. The van der Waals surface area contributed by atoms with Crippen LogP contribution in [0.15, 0.2) is 91.5 Å². The third kappa shape index (κ3) is 8.33. The molecule has 15 nitrogen and oxygen atoms in total. The van der Waals surface area contributed by atoms with Crippen LogP contribution in [0.3, 0.4) is 0 Å². The zero-order valence-corrected chi connectivity index (χ0v) is 34.7. The molecule has 2 aliphatic carbocycles. The molecule has 5 aliphatic rings. The molecule has 0 radical (unpaired) electrons. The Kier molecular flexibility index (Phi) is 10.8. The number of nitrogens with one attached hydrogen (secondary N) is 3. The molecule has 3 saturated heterocycles. The maximum absolute atomic E-state index is 13.1. The fourth-order valence-electron chi connectivity index (χ4n) is 10.2. The molecule has 5 fully saturated rings. The van der Waals surface area contributed by atoms with Crippen molar-refractivity contribution in [3.63, 3.8) is 0 Å². The summed E-state index contributed by atoms with van der Waals surface area (Å²) in [6.45, 7) is 5.52. The van der Waals surface area contributed by atoms with Crippen LogP contribution in [-0.2, 0) is 25.6 Å². The molecule has 2 aromatic heterocycles. The summed E-state index contributed by atoms with van der Waals surface area (Å²) in [5.74, 6) is 0.486. The second-order valence-corrected chi connectivity index (χ2v) is 17.8. The maximum Gasteiger partial charge on any atom is 0.260 e. The number of anilines is 3. The number of rotatable bonds is 12. The average molecular weight is 837 g/mol. The summed E-state index contributed by atoms with van der Waals surface area (Å²) in [6.07, 6.45) is 9.61. The molecule has 15 heteroatoms. The monoisotopic (exact) mass is 836 g/mol. The van der Waals surface area contributed by atoms with Crippen LogP contribution in [-0.4, -0.2) is 111 Å². The summed E-state index contributed by atoms with van der Waals surface area (Å²) in [4.78, 5) is 70.3. The van der Waals surface area contributed by atoms with Gasteiger partial charge in [-0.25, -0.2) is 15.0 Å².